The predicted molar refractivity (Wildman–Crippen MR) is 51.8 cm³/mol. The van der Waals surface area contributed by atoms with Gasteiger partial charge in [-0.05, 0) is 25.8 Å². The number of aliphatic carboxylic acids is 1. The summed E-state index contributed by atoms with van der Waals surface area (Å²) in [5, 5.41) is 11.4. The van der Waals surface area contributed by atoms with E-state index in [9.17, 15) is 4.79 Å². The van der Waals surface area contributed by atoms with Crippen LogP contribution in [0.2, 0.25) is 0 Å². The standard InChI is InChI=1S/C8H17NO2.ClH/c1-6(2)4-5-7(9-3)8(10)11;/h6-7,9H,4-5H2,1-3H3,(H,10,11);1H/t7-;/m0./s1. The molecule has 0 radical (unpaired) electrons. The van der Waals surface area contributed by atoms with Crippen LogP contribution in [0.3, 0.4) is 0 Å². The third kappa shape index (κ3) is 6.43. The first kappa shape index (κ1) is 14.3. The number of halogens is 1. The molecule has 0 aromatic rings. The Bertz CT molecular complexity index is 128. The second kappa shape index (κ2) is 7.37. The lowest BCUT2D eigenvalue weighted by Gasteiger charge is -2.11. The molecule has 0 aromatic carbocycles. The average Bonchev–Trinajstić information content (AvgIpc) is 1.87. The maximum atomic E-state index is 10.5. The quantitative estimate of drug-likeness (QED) is 0.700. The summed E-state index contributed by atoms with van der Waals surface area (Å²) in [5.41, 5.74) is 0. The number of hydrogen-bond donors (Lipinski definition) is 2. The van der Waals surface area contributed by atoms with Crippen molar-refractivity contribution in [2.45, 2.75) is 32.7 Å². The Balaban J connectivity index is 0. The van der Waals surface area contributed by atoms with E-state index in [4.69, 9.17) is 5.11 Å². The highest BCUT2D eigenvalue weighted by Gasteiger charge is 2.14. The lowest BCUT2D eigenvalue weighted by Crippen LogP contribution is -2.33. The summed E-state index contributed by atoms with van der Waals surface area (Å²) in [4.78, 5) is 10.5. The molecule has 2 N–H and O–H groups in total. The highest BCUT2D eigenvalue weighted by Crippen LogP contribution is 2.06. The van der Waals surface area contributed by atoms with Crippen LogP contribution in [0.25, 0.3) is 0 Å². The summed E-state index contributed by atoms with van der Waals surface area (Å²) in [5.74, 6) is -0.182. The first-order chi connectivity index (χ1) is 5.07. The first-order valence-electron chi connectivity index (χ1n) is 3.98. The van der Waals surface area contributed by atoms with Crippen molar-refractivity contribution in [3.63, 3.8) is 0 Å². The molecule has 0 unspecified atom stereocenters. The van der Waals surface area contributed by atoms with Crippen LogP contribution in [-0.2, 0) is 4.79 Å². The maximum Gasteiger partial charge on any atom is 0.320 e. The molecule has 12 heavy (non-hydrogen) atoms. The monoisotopic (exact) mass is 195 g/mol. The zero-order chi connectivity index (χ0) is 8.85. The largest absolute Gasteiger partial charge is 0.480 e. The van der Waals surface area contributed by atoms with Crippen LogP contribution in [0.15, 0.2) is 0 Å². The van der Waals surface area contributed by atoms with Gasteiger partial charge in [0.1, 0.15) is 6.04 Å². The van der Waals surface area contributed by atoms with Gasteiger partial charge in [-0.15, -0.1) is 12.4 Å². The Labute approximate surface area is 80.0 Å². The summed E-state index contributed by atoms with van der Waals surface area (Å²) in [6, 6.07) is -0.377. The van der Waals surface area contributed by atoms with Crippen molar-refractivity contribution in [2.75, 3.05) is 7.05 Å². The second-order valence-corrected chi connectivity index (χ2v) is 3.15. The Kier molecular flexibility index (Phi) is 8.76. The van der Waals surface area contributed by atoms with Crippen LogP contribution < -0.4 is 5.32 Å². The highest BCUT2D eigenvalue weighted by atomic mass is 35.5. The summed E-state index contributed by atoms with van der Waals surface area (Å²) in [7, 11) is 1.68. The van der Waals surface area contributed by atoms with Crippen LogP contribution >= 0.6 is 12.4 Å². The van der Waals surface area contributed by atoms with Crippen molar-refractivity contribution in [1.82, 2.24) is 5.32 Å². The third-order valence-corrected chi connectivity index (χ3v) is 1.68. The van der Waals surface area contributed by atoms with Crippen molar-refractivity contribution in [2.24, 2.45) is 5.92 Å². The van der Waals surface area contributed by atoms with Gasteiger partial charge in [-0.1, -0.05) is 13.8 Å². The van der Waals surface area contributed by atoms with Crippen LogP contribution in [0.1, 0.15) is 26.7 Å². The van der Waals surface area contributed by atoms with Gasteiger partial charge in [0, 0.05) is 0 Å². The fourth-order valence-electron chi connectivity index (χ4n) is 0.891. The van der Waals surface area contributed by atoms with E-state index in [0.29, 0.717) is 12.3 Å². The van der Waals surface area contributed by atoms with Gasteiger partial charge < -0.3 is 10.4 Å². The van der Waals surface area contributed by atoms with E-state index in [-0.39, 0.29) is 18.4 Å². The van der Waals surface area contributed by atoms with Gasteiger partial charge in [-0.25, -0.2) is 0 Å². The number of carboxylic acids is 1. The number of rotatable bonds is 5. The van der Waals surface area contributed by atoms with Crippen LogP contribution in [-0.4, -0.2) is 24.2 Å². The molecule has 0 aromatic heterocycles. The number of likely N-dealkylation sites (N-methyl/N-ethyl adjacent to an activating group) is 1. The molecule has 1 atom stereocenters. The molecule has 0 aliphatic heterocycles. The average molecular weight is 196 g/mol. The van der Waals surface area contributed by atoms with E-state index in [1.165, 1.54) is 0 Å². The van der Waals surface area contributed by atoms with E-state index >= 15 is 0 Å². The van der Waals surface area contributed by atoms with Crippen LogP contribution in [0, 0.1) is 5.92 Å². The molecule has 0 aliphatic carbocycles. The molecule has 0 spiro atoms. The van der Waals surface area contributed by atoms with Gasteiger partial charge in [0.25, 0.3) is 0 Å². The van der Waals surface area contributed by atoms with Gasteiger partial charge in [-0.3, -0.25) is 4.79 Å². The predicted octanol–water partition coefficient (Wildman–Crippen LogP) is 1.52. The third-order valence-electron chi connectivity index (χ3n) is 1.68. The summed E-state index contributed by atoms with van der Waals surface area (Å²) < 4.78 is 0. The smallest absolute Gasteiger partial charge is 0.320 e. The maximum absolute atomic E-state index is 10.5. The van der Waals surface area contributed by atoms with E-state index in [0.717, 1.165) is 6.42 Å². The Hall–Kier alpha value is -0.280. The van der Waals surface area contributed by atoms with E-state index in [1.807, 2.05) is 0 Å². The lowest BCUT2D eigenvalue weighted by atomic mass is 10.0. The van der Waals surface area contributed by atoms with Crippen molar-refractivity contribution in [1.29, 1.82) is 0 Å². The minimum absolute atomic E-state index is 0. The highest BCUT2D eigenvalue weighted by molar-refractivity contribution is 5.85. The summed E-state index contributed by atoms with van der Waals surface area (Å²) in [6.07, 6.45) is 1.67. The molecular weight excluding hydrogens is 178 g/mol. The summed E-state index contributed by atoms with van der Waals surface area (Å²) in [6.45, 7) is 4.18. The molecule has 0 rings (SSSR count). The number of hydrogen-bond acceptors (Lipinski definition) is 2. The molecule has 0 amide bonds. The summed E-state index contributed by atoms with van der Waals surface area (Å²) >= 11 is 0. The van der Waals surface area contributed by atoms with Crippen LogP contribution in [0.4, 0.5) is 0 Å². The van der Waals surface area contributed by atoms with Crippen molar-refractivity contribution >= 4 is 18.4 Å². The second-order valence-electron chi connectivity index (χ2n) is 3.15. The molecule has 3 nitrogen and oxygen atoms in total. The minimum atomic E-state index is -0.756. The van der Waals surface area contributed by atoms with Crippen molar-refractivity contribution in [3.05, 3.63) is 0 Å². The van der Waals surface area contributed by atoms with Crippen molar-refractivity contribution in [3.8, 4) is 0 Å². The Morgan fingerprint density at radius 3 is 2.17 bits per heavy atom. The minimum Gasteiger partial charge on any atom is -0.480 e. The van der Waals surface area contributed by atoms with Crippen molar-refractivity contribution < 1.29 is 9.90 Å². The first-order valence-corrected chi connectivity index (χ1v) is 3.98. The zero-order valence-corrected chi connectivity index (χ0v) is 8.65. The van der Waals surface area contributed by atoms with Gasteiger partial charge in [0.05, 0.1) is 0 Å². The zero-order valence-electron chi connectivity index (χ0n) is 7.83. The van der Waals surface area contributed by atoms with Crippen LogP contribution in [0.5, 0.6) is 0 Å². The molecule has 74 valence electrons. The number of nitrogens with one attached hydrogen (secondary N) is 1. The fourth-order valence-corrected chi connectivity index (χ4v) is 0.891. The normalized spacial score (nSPS) is 12.3. The SMILES string of the molecule is CN[C@@H](CCC(C)C)C(=O)O.Cl. The molecule has 0 heterocycles. The molecule has 0 aliphatic rings. The Morgan fingerprint density at radius 2 is 1.92 bits per heavy atom. The number of carbonyl (C=O) groups is 1. The van der Waals surface area contributed by atoms with E-state index in [1.54, 1.807) is 7.05 Å². The molecule has 0 saturated heterocycles. The molecule has 4 heteroatoms. The van der Waals surface area contributed by atoms with E-state index in [2.05, 4.69) is 19.2 Å². The molecular formula is C8H18ClNO2. The molecule has 0 bridgehead atoms. The Morgan fingerprint density at radius 1 is 1.42 bits per heavy atom. The van der Waals surface area contributed by atoms with Gasteiger partial charge in [0.15, 0.2) is 0 Å². The molecule has 0 fully saturated rings. The topological polar surface area (TPSA) is 49.3 Å². The van der Waals surface area contributed by atoms with E-state index < -0.39 is 5.97 Å². The molecule has 0 saturated carbocycles. The number of carboxylic acid groups (broad SMARTS) is 1. The lowest BCUT2D eigenvalue weighted by molar-refractivity contribution is -0.139. The fraction of sp³-hybridized carbons (Fsp3) is 0.875. The van der Waals surface area contributed by atoms with Gasteiger partial charge in [-0.2, -0.15) is 0 Å². The van der Waals surface area contributed by atoms with Gasteiger partial charge >= 0.3 is 5.97 Å². The van der Waals surface area contributed by atoms with Gasteiger partial charge in [0.2, 0.25) is 0 Å².